The molecule has 0 spiro atoms. The molecule has 110 valence electrons. The van der Waals surface area contributed by atoms with Crippen molar-refractivity contribution in [3.05, 3.63) is 70.0 Å². The molecule has 0 aromatic heterocycles. The summed E-state index contributed by atoms with van der Waals surface area (Å²) in [6.07, 6.45) is 0. The minimum absolute atomic E-state index is 0.111. The van der Waals surface area contributed by atoms with Crippen LogP contribution in [0.3, 0.4) is 0 Å². The van der Waals surface area contributed by atoms with Crippen LogP contribution in [0.2, 0.25) is 5.02 Å². The molecule has 0 unspecified atom stereocenters. The molecule has 0 saturated heterocycles. The summed E-state index contributed by atoms with van der Waals surface area (Å²) in [5, 5.41) is 0.647. The normalized spacial score (nSPS) is 10.5. The fourth-order valence-corrected chi connectivity index (χ4v) is 2.36. The Hall–Kier alpha value is -1.87. The molecule has 0 fully saturated rings. The maximum Gasteiger partial charge on any atom is 0.254 e. The molecule has 0 heterocycles. The molecule has 2 rings (SSSR count). The van der Waals surface area contributed by atoms with Gasteiger partial charge in [-0.2, -0.15) is 0 Å². The number of aryl methyl sites for hydroxylation is 1. The Morgan fingerprint density at radius 1 is 1.24 bits per heavy atom. The minimum atomic E-state index is -0.301. The molecule has 0 radical (unpaired) electrons. The van der Waals surface area contributed by atoms with E-state index >= 15 is 0 Å². The molecule has 4 heteroatoms. The number of carbonyl (C=O) groups is 1. The first-order valence-electron chi connectivity index (χ1n) is 6.81. The van der Waals surface area contributed by atoms with Crippen LogP contribution in [-0.4, -0.2) is 17.4 Å². The highest BCUT2D eigenvalue weighted by Crippen LogP contribution is 2.16. The summed E-state index contributed by atoms with van der Waals surface area (Å²) >= 11 is 5.96. The van der Waals surface area contributed by atoms with Crippen molar-refractivity contribution >= 4 is 17.5 Å². The molecule has 0 N–H and O–H groups in total. The highest BCUT2D eigenvalue weighted by molar-refractivity contribution is 6.30. The van der Waals surface area contributed by atoms with Crippen LogP contribution in [0, 0.1) is 12.7 Å². The van der Waals surface area contributed by atoms with Gasteiger partial charge in [-0.3, -0.25) is 4.79 Å². The lowest BCUT2D eigenvalue weighted by atomic mass is 10.1. The number of rotatable bonds is 4. The zero-order valence-corrected chi connectivity index (χ0v) is 12.8. The van der Waals surface area contributed by atoms with Gasteiger partial charge in [-0.1, -0.05) is 23.7 Å². The van der Waals surface area contributed by atoms with E-state index in [-0.39, 0.29) is 11.7 Å². The van der Waals surface area contributed by atoms with E-state index in [1.807, 2.05) is 25.1 Å². The van der Waals surface area contributed by atoms with E-state index in [1.54, 1.807) is 24.0 Å². The fourth-order valence-electron chi connectivity index (χ4n) is 2.14. The molecular formula is C17H17ClFNO. The van der Waals surface area contributed by atoms with Crippen LogP contribution in [0.15, 0.2) is 42.5 Å². The van der Waals surface area contributed by atoms with E-state index in [4.69, 9.17) is 11.6 Å². The van der Waals surface area contributed by atoms with Crippen molar-refractivity contribution in [3.8, 4) is 0 Å². The second-order valence-corrected chi connectivity index (χ2v) is 5.35. The second kappa shape index (κ2) is 6.72. The second-order valence-electron chi connectivity index (χ2n) is 4.91. The lowest BCUT2D eigenvalue weighted by Gasteiger charge is -2.21. The molecule has 0 aliphatic carbocycles. The zero-order valence-electron chi connectivity index (χ0n) is 12.1. The number of carbonyl (C=O) groups excluding carboxylic acids is 1. The lowest BCUT2D eigenvalue weighted by molar-refractivity contribution is 0.0752. The van der Waals surface area contributed by atoms with Crippen LogP contribution < -0.4 is 0 Å². The SMILES string of the molecule is CCN(Cc1cccc(Cl)c1)C(=O)c1ccc(F)c(C)c1. The first kappa shape index (κ1) is 15.5. The maximum absolute atomic E-state index is 13.3. The van der Waals surface area contributed by atoms with E-state index in [0.29, 0.717) is 29.2 Å². The fraction of sp³-hybridized carbons (Fsp3) is 0.235. The standard InChI is InChI=1S/C17H17ClFNO/c1-3-20(11-13-5-4-6-15(18)10-13)17(21)14-7-8-16(19)12(2)9-14/h4-10H,3,11H2,1-2H3. The molecule has 2 aromatic rings. The quantitative estimate of drug-likeness (QED) is 0.817. The van der Waals surface area contributed by atoms with Crippen molar-refractivity contribution in [2.24, 2.45) is 0 Å². The molecule has 21 heavy (non-hydrogen) atoms. The van der Waals surface area contributed by atoms with Crippen LogP contribution in [-0.2, 0) is 6.54 Å². The molecule has 0 bridgehead atoms. The summed E-state index contributed by atoms with van der Waals surface area (Å²) in [6, 6.07) is 11.9. The highest BCUT2D eigenvalue weighted by Gasteiger charge is 2.15. The van der Waals surface area contributed by atoms with Crippen molar-refractivity contribution in [2.75, 3.05) is 6.54 Å². The Labute approximate surface area is 129 Å². The van der Waals surface area contributed by atoms with Crippen molar-refractivity contribution in [1.29, 1.82) is 0 Å². The van der Waals surface area contributed by atoms with E-state index < -0.39 is 0 Å². The van der Waals surface area contributed by atoms with Crippen LogP contribution >= 0.6 is 11.6 Å². The van der Waals surface area contributed by atoms with Crippen molar-refractivity contribution in [3.63, 3.8) is 0 Å². The third kappa shape index (κ3) is 3.82. The highest BCUT2D eigenvalue weighted by atomic mass is 35.5. The third-order valence-electron chi connectivity index (χ3n) is 3.34. The smallest absolute Gasteiger partial charge is 0.254 e. The van der Waals surface area contributed by atoms with Gasteiger partial charge in [0.25, 0.3) is 5.91 Å². The molecule has 0 atom stereocenters. The number of nitrogens with zero attached hydrogens (tertiary/aromatic N) is 1. The van der Waals surface area contributed by atoms with E-state index in [9.17, 15) is 9.18 Å². The van der Waals surface area contributed by atoms with Crippen LogP contribution in [0.5, 0.6) is 0 Å². The number of hydrogen-bond donors (Lipinski definition) is 0. The molecule has 0 saturated carbocycles. The Balaban J connectivity index is 2.20. The zero-order chi connectivity index (χ0) is 15.4. The number of benzene rings is 2. The summed E-state index contributed by atoms with van der Waals surface area (Å²) in [5.41, 5.74) is 1.94. The van der Waals surface area contributed by atoms with Crippen LogP contribution in [0.25, 0.3) is 0 Å². The van der Waals surface area contributed by atoms with Gasteiger partial charge >= 0.3 is 0 Å². The van der Waals surface area contributed by atoms with Gasteiger partial charge in [0.1, 0.15) is 5.82 Å². The van der Waals surface area contributed by atoms with Crippen LogP contribution in [0.4, 0.5) is 4.39 Å². The van der Waals surface area contributed by atoms with Gasteiger partial charge in [0.05, 0.1) is 0 Å². The van der Waals surface area contributed by atoms with Crippen molar-refractivity contribution < 1.29 is 9.18 Å². The molecule has 0 aliphatic heterocycles. The third-order valence-corrected chi connectivity index (χ3v) is 3.57. The van der Waals surface area contributed by atoms with E-state index in [1.165, 1.54) is 12.1 Å². The monoisotopic (exact) mass is 305 g/mol. The van der Waals surface area contributed by atoms with E-state index in [0.717, 1.165) is 5.56 Å². The van der Waals surface area contributed by atoms with Gasteiger partial charge in [-0.25, -0.2) is 4.39 Å². The van der Waals surface area contributed by atoms with Gasteiger partial charge in [-0.05, 0) is 55.3 Å². The summed E-state index contributed by atoms with van der Waals surface area (Å²) in [6.45, 7) is 4.62. The summed E-state index contributed by atoms with van der Waals surface area (Å²) in [5.74, 6) is -0.412. The minimum Gasteiger partial charge on any atom is -0.335 e. The largest absolute Gasteiger partial charge is 0.335 e. The average Bonchev–Trinajstić information content (AvgIpc) is 2.47. The number of hydrogen-bond acceptors (Lipinski definition) is 1. The van der Waals surface area contributed by atoms with Crippen LogP contribution in [0.1, 0.15) is 28.4 Å². The van der Waals surface area contributed by atoms with Gasteiger partial charge in [0, 0.05) is 23.7 Å². The first-order chi connectivity index (χ1) is 10.0. The Morgan fingerprint density at radius 3 is 2.62 bits per heavy atom. The summed E-state index contributed by atoms with van der Waals surface area (Å²) < 4.78 is 13.3. The molecular weight excluding hydrogens is 289 g/mol. The molecule has 0 aliphatic rings. The Kier molecular flexibility index (Phi) is 4.97. The average molecular weight is 306 g/mol. The lowest BCUT2D eigenvalue weighted by Crippen LogP contribution is -2.30. The maximum atomic E-state index is 13.3. The molecule has 2 aromatic carbocycles. The number of amides is 1. The van der Waals surface area contributed by atoms with Crippen molar-refractivity contribution in [1.82, 2.24) is 4.90 Å². The number of halogens is 2. The van der Waals surface area contributed by atoms with Gasteiger partial charge in [-0.15, -0.1) is 0 Å². The predicted molar refractivity (Wildman–Crippen MR) is 83.0 cm³/mol. The Bertz CT molecular complexity index is 657. The van der Waals surface area contributed by atoms with Gasteiger partial charge < -0.3 is 4.90 Å². The van der Waals surface area contributed by atoms with Gasteiger partial charge in [0.15, 0.2) is 0 Å². The predicted octanol–water partition coefficient (Wildman–Crippen LogP) is 4.45. The first-order valence-corrected chi connectivity index (χ1v) is 7.19. The summed E-state index contributed by atoms with van der Waals surface area (Å²) in [7, 11) is 0. The van der Waals surface area contributed by atoms with Crippen molar-refractivity contribution in [2.45, 2.75) is 20.4 Å². The molecule has 1 amide bonds. The summed E-state index contributed by atoms with van der Waals surface area (Å²) in [4.78, 5) is 14.2. The Morgan fingerprint density at radius 2 is 2.00 bits per heavy atom. The van der Waals surface area contributed by atoms with E-state index in [2.05, 4.69) is 0 Å². The van der Waals surface area contributed by atoms with Gasteiger partial charge in [0.2, 0.25) is 0 Å². The molecule has 2 nitrogen and oxygen atoms in total. The topological polar surface area (TPSA) is 20.3 Å².